The fraction of sp³-hybridized carbons (Fsp3) is 0.167. The summed E-state index contributed by atoms with van der Waals surface area (Å²) in [6.07, 6.45) is -0.937. The van der Waals surface area contributed by atoms with Crippen LogP contribution in [0.15, 0.2) is 48.5 Å². The van der Waals surface area contributed by atoms with Gasteiger partial charge in [-0.15, -0.1) is 0 Å². The lowest BCUT2D eigenvalue weighted by molar-refractivity contribution is -0.132. The normalized spacial score (nSPS) is 11.2. The fourth-order valence-corrected chi connectivity index (χ4v) is 2.17. The molecule has 0 bridgehead atoms. The van der Waals surface area contributed by atoms with Crippen LogP contribution in [-0.4, -0.2) is 30.4 Å². The van der Waals surface area contributed by atoms with E-state index in [2.05, 4.69) is 16.2 Å². The molecular weight excluding hydrogens is 377 g/mol. The van der Waals surface area contributed by atoms with Crippen molar-refractivity contribution in [1.82, 2.24) is 16.2 Å². The summed E-state index contributed by atoms with van der Waals surface area (Å²) in [6, 6.07) is 11.5. The van der Waals surface area contributed by atoms with Crippen molar-refractivity contribution in [3.8, 4) is 5.75 Å². The van der Waals surface area contributed by atoms with Gasteiger partial charge in [-0.25, -0.2) is 4.39 Å². The van der Waals surface area contributed by atoms with Crippen molar-refractivity contribution in [3.63, 3.8) is 0 Å². The zero-order chi connectivity index (χ0) is 19.8. The van der Waals surface area contributed by atoms with Crippen molar-refractivity contribution in [2.24, 2.45) is 0 Å². The minimum atomic E-state index is -0.937. The first-order chi connectivity index (χ1) is 12.9. The molecule has 0 aliphatic carbocycles. The second-order valence-electron chi connectivity index (χ2n) is 5.41. The van der Waals surface area contributed by atoms with Gasteiger partial charge in [0.25, 0.3) is 17.7 Å². The summed E-state index contributed by atoms with van der Waals surface area (Å²) in [5, 5.41) is 2.64. The minimum Gasteiger partial charge on any atom is -0.481 e. The van der Waals surface area contributed by atoms with E-state index < -0.39 is 29.6 Å². The highest BCUT2D eigenvalue weighted by Gasteiger charge is 2.16. The molecule has 0 unspecified atom stereocenters. The molecule has 3 amide bonds. The van der Waals surface area contributed by atoms with Crippen molar-refractivity contribution in [2.45, 2.75) is 13.0 Å². The maximum absolute atomic E-state index is 12.8. The molecule has 0 radical (unpaired) electrons. The Bertz CT molecular complexity index is 830. The number of amides is 3. The van der Waals surface area contributed by atoms with Crippen molar-refractivity contribution in [1.29, 1.82) is 0 Å². The van der Waals surface area contributed by atoms with E-state index in [0.29, 0.717) is 5.75 Å². The number of hydrogen-bond donors (Lipinski definition) is 3. The average molecular weight is 394 g/mol. The predicted molar refractivity (Wildman–Crippen MR) is 96.6 cm³/mol. The van der Waals surface area contributed by atoms with E-state index >= 15 is 0 Å². The summed E-state index contributed by atoms with van der Waals surface area (Å²) < 4.78 is 18.2. The number of halogens is 2. The summed E-state index contributed by atoms with van der Waals surface area (Å²) >= 11 is 5.89. The first-order valence-corrected chi connectivity index (χ1v) is 8.28. The maximum Gasteiger partial charge on any atom is 0.279 e. The van der Waals surface area contributed by atoms with Gasteiger partial charge in [-0.05, 0) is 43.3 Å². The van der Waals surface area contributed by atoms with Gasteiger partial charge in [-0.1, -0.05) is 23.7 Å². The zero-order valence-electron chi connectivity index (χ0n) is 14.3. The molecule has 9 heteroatoms. The molecule has 0 aliphatic heterocycles. The largest absolute Gasteiger partial charge is 0.481 e. The van der Waals surface area contributed by atoms with Crippen LogP contribution in [0.25, 0.3) is 0 Å². The Morgan fingerprint density at radius 2 is 1.74 bits per heavy atom. The number of benzene rings is 2. The molecule has 27 heavy (non-hydrogen) atoms. The van der Waals surface area contributed by atoms with E-state index in [1.54, 1.807) is 18.2 Å². The van der Waals surface area contributed by atoms with Crippen LogP contribution in [0.5, 0.6) is 5.75 Å². The Morgan fingerprint density at radius 3 is 2.41 bits per heavy atom. The molecule has 2 aromatic carbocycles. The molecule has 0 saturated carbocycles. The van der Waals surface area contributed by atoms with Gasteiger partial charge in [0, 0.05) is 0 Å². The molecule has 1 atom stereocenters. The van der Waals surface area contributed by atoms with Crippen molar-refractivity contribution in [2.75, 3.05) is 6.54 Å². The Hall–Kier alpha value is -3.13. The molecule has 142 valence electrons. The van der Waals surface area contributed by atoms with Gasteiger partial charge in [0.05, 0.1) is 17.1 Å². The number of nitrogens with one attached hydrogen (secondary N) is 3. The quantitative estimate of drug-likeness (QED) is 0.652. The second kappa shape index (κ2) is 9.54. The standard InChI is InChI=1S/C18H17ClFN3O4/c1-11(27-13-8-6-12(20)7-9-13)17(25)23-22-16(24)10-21-18(26)14-4-2-3-5-15(14)19/h2-9,11H,10H2,1H3,(H,21,26)(H,22,24)(H,23,25)/t11-/m0/s1. The van der Waals surface area contributed by atoms with Crippen molar-refractivity contribution < 1.29 is 23.5 Å². The smallest absolute Gasteiger partial charge is 0.279 e. The maximum atomic E-state index is 12.8. The van der Waals surface area contributed by atoms with Crippen LogP contribution in [0.2, 0.25) is 5.02 Å². The lowest BCUT2D eigenvalue weighted by atomic mass is 10.2. The van der Waals surface area contributed by atoms with Crippen LogP contribution >= 0.6 is 11.6 Å². The fourth-order valence-electron chi connectivity index (χ4n) is 1.95. The van der Waals surface area contributed by atoms with Crippen molar-refractivity contribution in [3.05, 3.63) is 64.9 Å². The van der Waals surface area contributed by atoms with E-state index in [1.807, 2.05) is 0 Å². The van der Waals surface area contributed by atoms with Gasteiger partial charge in [-0.2, -0.15) is 0 Å². The summed E-state index contributed by atoms with van der Waals surface area (Å²) in [5.41, 5.74) is 4.56. The lowest BCUT2D eigenvalue weighted by Gasteiger charge is -2.15. The highest BCUT2D eigenvalue weighted by Crippen LogP contribution is 2.14. The van der Waals surface area contributed by atoms with E-state index in [0.717, 1.165) is 0 Å². The van der Waals surface area contributed by atoms with Crippen LogP contribution in [0.3, 0.4) is 0 Å². The second-order valence-corrected chi connectivity index (χ2v) is 5.82. The monoisotopic (exact) mass is 393 g/mol. The molecule has 3 N–H and O–H groups in total. The molecule has 0 saturated heterocycles. The van der Waals surface area contributed by atoms with Crippen molar-refractivity contribution >= 4 is 29.3 Å². The molecule has 0 heterocycles. The molecule has 0 aromatic heterocycles. The minimum absolute atomic E-state index is 0.234. The average Bonchev–Trinajstić information content (AvgIpc) is 2.66. The summed E-state index contributed by atoms with van der Waals surface area (Å²) in [4.78, 5) is 35.6. The third kappa shape index (κ3) is 6.27. The Balaban J connectivity index is 1.74. The van der Waals surface area contributed by atoms with Crippen LogP contribution in [0.4, 0.5) is 4.39 Å². The molecule has 0 aliphatic rings. The molecule has 2 rings (SSSR count). The molecule has 2 aromatic rings. The number of carbonyl (C=O) groups excluding carboxylic acids is 3. The zero-order valence-corrected chi connectivity index (χ0v) is 15.0. The highest BCUT2D eigenvalue weighted by molar-refractivity contribution is 6.33. The van der Waals surface area contributed by atoms with Crippen LogP contribution in [-0.2, 0) is 9.59 Å². The SMILES string of the molecule is C[C@H](Oc1ccc(F)cc1)C(=O)NNC(=O)CNC(=O)c1ccccc1Cl. The van der Waals surface area contributed by atoms with Gasteiger partial charge >= 0.3 is 0 Å². The molecule has 0 spiro atoms. The first-order valence-electron chi connectivity index (χ1n) is 7.90. The third-order valence-electron chi connectivity index (χ3n) is 3.35. The van der Waals surface area contributed by atoms with Crippen LogP contribution in [0.1, 0.15) is 17.3 Å². The number of carbonyl (C=O) groups is 3. The number of hydrazine groups is 1. The molecule has 7 nitrogen and oxygen atoms in total. The Labute approximate surface area is 159 Å². The number of rotatable bonds is 6. The van der Waals surface area contributed by atoms with E-state index in [1.165, 1.54) is 37.3 Å². The van der Waals surface area contributed by atoms with Gasteiger partial charge in [0.1, 0.15) is 11.6 Å². The van der Waals surface area contributed by atoms with E-state index in [-0.39, 0.29) is 17.1 Å². The van der Waals surface area contributed by atoms with Crippen LogP contribution < -0.4 is 20.9 Å². The summed E-state index contributed by atoms with van der Waals surface area (Å²) in [5.74, 6) is -1.90. The van der Waals surface area contributed by atoms with Gasteiger partial charge in [-0.3, -0.25) is 25.2 Å². The van der Waals surface area contributed by atoms with Gasteiger partial charge < -0.3 is 10.1 Å². The topological polar surface area (TPSA) is 96.5 Å². The molecular formula is C18H17ClFN3O4. The number of hydrogen-bond acceptors (Lipinski definition) is 4. The summed E-state index contributed by atoms with van der Waals surface area (Å²) in [6.45, 7) is 1.10. The van der Waals surface area contributed by atoms with E-state index in [4.69, 9.17) is 16.3 Å². The third-order valence-corrected chi connectivity index (χ3v) is 3.68. The molecule has 0 fully saturated rings. The van der Waals surface area contributed by atoms with Gasteiger partial charge in [0.15, 0.2) is 6.10 Å². The lowest BCUT2D eigenvalue weighted by Crippen LogP contribution is -2.50. The highest BCUT2D eigenvalue weighted by atomic mass is 35.5. The first kappa shape index (κ1) is 20.2. The van der Waals surface area contributed by atoms with Crippen LogP contribution in [0, 0.1) is 5.82 Å². The van der Waals surface area contributed by atoms with Gasteiger partial charge in [0.2, 0.25) is 0 Å². The predicted octanol–water partition coefficient (Wildman–Crippen LogP) is 1.82. The Kier molecular flexibility index (Phi) is 7.13. The summed E-state index contributed by atoms with van der Waals surface area (Å²) in [7, 11) is 0. The van der Waals surface area contributed by atoms with E-state index in [9.17, 15) is 18.8 Å². The number of ether oxygens (including phenoxy) is 1. The Morgan fingerprint density at radius 1 is 1.07 bits per heavy atom.